The lowest BCUT2D eigenvalue weighted by Crippen LogP contribution is -2.24. The van der Waals surface area contributed by atoms with Gasteiger partial charge in [0.2, 0.25) is 5.91 Å². The fraction of sp³-hybridized carbons (Fsp3) is 0.176. The number of amides is 1. The molecule has 0 radical (unpaired) electrons. The third-order valence-corrected chi connectivity index (χ3v) is 3.68. The number of H-pyrrole nitrogens is 1. The molecule has 8 heteroatoms. The van der Waals surface area contributed by atoms with Crippen molar-refractivity contribution in [2.24, 2.45) is 0 Å². The summed E-state index contributed by atoms with van der Waals surface area (Å²) in [6.07, 6.45) is 0.365. The minimum atomic E-state index is -0.657. The van der Waals surface area contributed by atoms with E-state index in [1.807, 2.05) is 24.3 Å². The van der Waals surface area contributed by atoms with Gasteiger partial charge < -0.3 is 10.1 Å². The average Bonchev–Trinajstić information content (AvgIpc) is 3.16. The molecule has 0 aliphatic carbocycles. The third kappa shape index (κ3) is 4.17. The highest BCUT2D eigenvalue weighted by molar-refractivity contribution is 5.95. The quantitative estimate of drug-likeness (QED) is 0.718. The molecule has 128 valence electrons. The van der Waals surface area contributed by atoms with Gasteiger partial charge in [0.25, 0.3) is 0 Å². The maximum Gasteiger partial charge on any atom is 0.235 e. The van der Waals surface area contributed by atoms with Gasteiger partial charge in [0.05, 0.1) is 7.11 Å². The first-order valence-corrected chi connectivity index (χ1v) is 7.58. The Morgan fingerprint density at radius 1 is 1.28 bits per heavy atom. The van der Waals surface area contributed by atoms with E-state index in [1.54, 1.807) is 7.11 Å². The fourth-order valence-electron chi connectivity index (χ4n) is 2.42. The molecule has 0 bridgehead atoms. The topological polar surface area (TPSA) is 92.8 Å². The second-order valence-corrected chi connectivity index (χ2v) is 5.37. The largest absolute Gasteiger partial charge is 0.497 e. The van der Waals surface area contributed by atoms with Gasteiger partial charge in [-0.2, -0.15) is 5.21 Å². The first kappa shape index (κ1) is 16.6. The van der Waals surface area contributed by atoms with Crippen molar-refractivity contribution in [3.63, 3.8) is 0 Å². The number of carbonyl (C=O) groups excluding carboxylic acids is 1. The number of methoxy groups -OCH3 is 1. The van der Waals surface area contributed by atoms with Crippen LogP contribution in [0.25, 0.3) is 0 Å². The standard InChI is InChI=1S/C17H16FN5O2/c1-25-14-4-2-3-11(9-14)10-15(16-20-22-23-21-16)17(24)19-13-7-5-12(18)6-8-13/h2-9,15H,10H2,1H3,(H,19,24)(H,20,21,22,23). The highest BCUT2D eigenvalue weighted by Crippen LogP contribution is 2.22. The van der Waals surface area contributed by atoms with Crippen molar-refractivity contribution in [1.29, 1.82) is 0 Å². The third-order valence-electron chi connectivity index (χ3n) is 3.68. The van der Waals surface area contributed by atoms with Gasteiger partial charge >= 0.3 is 0 Å². The summed E-state index contributed by atoms with van der Waals surface area (Å²) < 4.78 is 18.2. The van der Waals surface area contributed by atoms with Gasteiger partial charge in [-0.15, -0.1) is 10.2 Å². The number of nitrogens with one attached hydrogen (secondary N) is 2. The van der Waals surface area contributed by atoms with Crippen LogP contribution in [-0.4, -0.2) is 33.6 Å². The summed E-state index contributed by atoms with van der Waals surface area (Å²) in [5, 5.41) is 16.5. The second kappa shape index (κ2) is 7.52. The molecule has 3 rings (SSSR count). The molecule has 1 unspecified atom stereocenters. The number of carbonyl (C=O) groups is 1. The van der Waals surface area contributed by atoms with Crippen molar-refractivity contribution in [3.05, 3.63) is 65.7 Å². The molecule has 7 nitrogen and oxygen atoms in total. The van der Waals surface area contributed by atoms with Crippen LogP contribution in [0.1, 0.15) is 17.3 Å². The van der Waals surface area contributed by atoms with E-state index in [2.05, 4.69) is 25.9 Å². The van der Waals surface area contributed by atoms with Crippen molar-refractivity contribution < 1.29 is 13.9 Å². The van der Waals surface area contributed by atoms with E-state index in [0.717, 1.165) is 5.56 Å². The Kier molecular flexibility index (Phi) is 4.98. The summed E-state index contributed by atoms with van der Waals surface area (Å²) in [6, 6.07) is 12.9. The van der Waals surface area contributed by atoms with E-state index in [0.29, 0.717) is 17.9 Å². The van der Waals surface area contributed by atoms with Crippen LogP contribution in [-0.2, 0) is 11.2 Å². The highest BCUT2D eigenvalue weighted by Gasteiger charge is 2.25. The Bertz CT molecular complexity index is 837. The van der Waals surface area contributed by atoms with E-state index in [4.69, 9.17) is 4.74 Å². The van der Waals surface area contributed by atoms with E-state index in [-0.39, 0.29) is 17.5 Å². The lowest BCUT2D eigenvalue weighted by atomic mass is 9.97. The van der Waals surface area contributed by atoms with Crippen LogP contribution in [0.2, 0.25) is 0 Å². The Hall–Kier alpha value is -3.29. The van der Waals surface area contributed by atoms with Gasteiger partial charge in [0.1, 0.15) is 17.5 Å². The molecular formula is C17H16FN5O2. The number of aromatic nitrogens is 4. The molecule has 0 saturated heterocycles. The summed E-state index contributed by atoms with van der Waals surface area (Å²) in [5.41, 5.74) is 1.38. The number of benzene rings is 2. The van der Waals surface area contributed by atoms with Crippen LogP contribution in [0.5, 0.6) is 5.75 Å². The van der Waals surface area contributed by atoms with E-state index in [9.17, 15) is 9.18 Å². The van der Waals surface area contributed by atoms with Crippen molar-refractivity contribution in [3.8, 4) is 5.75 Å². The molecule has 1 aromatic heterocycles. The summed E-state index contributed by atoms with van der Waals surface area (Å²) in [4.78, 5) is 12.7. The van der Waals surface area contributed by atoms with Gasteiger partial charge in [-0.1, -0.05) is 17.3 Å². The van der Waals surface area contributed by atoms with E-state index < -0.39 is 5.92 Å². The zero-order chi connectivity index (χ0) is 17.6. The predicted octanol–water partition coefficient (Wildman–Crippen LogP) is 2.31. The normalized spacial score (nSPS) is 11.8. The molecule has 1 amide bonds. The minimum absolute atomic E-state index is 0.280. The van der Waals surface area contributed by atoms with Crippen LogP contribution in [0.3, 0.4) is 0 Å². The number of aromatic amines is 1. The first-order valence-electron chi connectivity index (χ1n) is 7.58. The number of anilines is 1. The lowest BCUT2D eigenvalue weighted by Gasteiger charge is -2.14. The lowest BCUT2D eigenvalue weighted by molar-refractivity contribution is -0.117. The molecule has 3 aromatic rings. The number of rotatable bonds is 6. The van der Waals surface area contributed by atoms with Gasteiger partial charge in [-0.25, -0.2) is 4.39 Å². The molecule has 1 atom stereocenters. The maximum atomic E-state index is 13.0. The minimum Gasteiger partial charge on any atom is -0.497 e. The van der Waals surface area contributed by atoms with Crippen LogP contribution in [0.4, 0.5) is 10.1 Å². The van der Waals surface area contributed by atoms with Crippen molar-refractivity contribution in [2.45, 2.75) is 12.3 Å². The number of tetrazole rings is 1. The molecule has 0 spiro atoms. The molecule has 0 fully saturated rings. The molecule has 1 heterocycles. The zero-order valence-electron chi connectivity index (χ0n) is 13.4. The summed E-state index contributed by atoms with van der Waals surface area (Å²) in [6.45, 7) is 0. The van der Waals surface area contributed by atoms with Gasteiger partial charge in [-0.3, -0.25) is 4.79 Å². The fourth-order valence-corrected chi connectivity index (χ4v) is 2.42. The number of hydrogen-bond donors (Lipinski definition) is 2. The SMILES string of the molecule is COc1cccc(CC(C(=O)Nc2ccc(F)cc2)c2nn[nH]n2)c1. The van der Waals surface area contributed by atoms with Crippen molar-refractivity contribution in [1.82, 2.24) is 20.6 Å². The maximum absolute atomic E-state index is 13.0. The van der Waals surface area contributed by atoms with E-state index in [1.165, 1.54) is 24.3 Å². The monoisotopic (exact) mass is 341 g/mol. The molecular weight excluding hydrogens is 325 g/mol. The Labute approximate surface area is 143 Å². The molecule has 0 aliphatic heterocycles. The number of nitrogens with zero attached hydrogens (tertiary/aromatic N) is 3. The van der Waals surface area contributed by atoms with Crippen LogP contribution < -0.4 is 10.1 Å². The first-order chi connectivity index (χ1) is 12.2. The van der Waals surface area contributed by atoms with Crippen LogP contribution in [0, 0.1) is 5.82 Å². The van der Waals surface area contributed by atoms with Crippen molar-refractivity contribution in [2.75, 3.05) is 12.4 Å². The molecule has 0 saturated carbocycles. The summed E-state index contributed by atoms with van der Waals surface area (Å²) in [5.74, 6) is -0.360. The Balaban J connectivity index is 1.81. The second-order valence-electron chi connectivity index (χ2n) is 5.37. The molecule has 2 N–H and O–H groups in total. The van der Waals surface area contributed by atoms with E-state index >= 15 is 0 Å². The highest BCUT2D eigenvalue weighted by atomic mass is 19.1. The number of hydrogen-bond acceptors (Lipinski definition) is 5. The Morgan fingerprint density at radius 3 is 2.76 bits per heavy atom. The van der Waals surface area contributed by atoms with Crippen LogP contribution >= 0.6 is 0 Å². The summed E-state index contributed by atoms with van der Waals surface area (Å²) >= 11 is 0. The number of ether oxygens (including phenoxy) is 1. The van der Waals surface area contributed by atoms with Gasteiger partial charge in [0, 0.05) is 5.69 Å². The summed E-state index contributed by atoms with van der Waals surface area (Å²) in [7, 11) is 1.58. The molecule has 2 aromatic carbocycles. The number of halogens is 1. The molecule has 0 aliphatic rings. The predicted molar refractivity (Wildman–Crippen MR) is 88.6 cm³/mol. The zero-order valence-corrected chi connectivity index (χ0v) is 13.4. The molecule has 25 heavy (non-hydrogen) atoms. The Morgan fingerprint density at radius 2 is 2.08 bits per heavy atom. The average molecular weight is 341 g/mol. The van der Waals surface area contributed by atoms with Gasteiger partial charge in [-0.05, 0) is 48.4 Å². The smallest absolute Gasteiger partial charge is 0.235 e. The van der Waals surface area contributed by atoms with Crippen LogP contribution in [0.15, 0.2) is 48.5 Å². The van der Waals surface area contributed by atoms with Crippen molar-refractivity contribution >= 4 is 11.6 Å². The van der Waals surface area contributed by atoms with Gasteiger partial charge in [0.15, 0.2) is 5.82 Å².